The summed E-state index contributed by atoms with van der Waals surface area (Å²) in [6, 6.07) is 7.65. The molecule has 1 aromatic heterocycles. The van der Waals surface area contributed by atoms with Gasteiger partial charge in [0.25, 0.3) is 5.56 Å². The molecule has 0 bridgehead atoms. The number of hydrogen-bond donors (Lipinski definition) is 0. The first-order valence-electron chi connectivity index (χ1n) is 12.9. The molecule has 0 spiro atoms. The highest BCUT2D eigenvalue weighted by molar-refractivity contribution is 5.79. The molecule has 8 nitrogen and oxygen atoms in total. The molecular weight excluding hydrogens is 446 g/mol. The standard InChI is InChI=1S/C27H39N3O5/c1-5-17-30-26(33)29(24(31)23(28-30)21-14-7-8-15-21)18-10-9-12-20-13-11-16-22(19-20)35-27(3,4)25(32)34-6-2/h11,13,16,19,21H,5-10,12,14-15,17-18H2,1-4H3. The lowest BCUT2D eigenvalue weighted by Crippen LogP contribution is -2.44. The van der Waals surface area contributed by atoms with Crippen LogP contribution in [0.4, 0.5) is 0 Å². The Morgan fingerprint density at radius 2 is 1.86 bits per heavy atom. The summed E-state index contributed by atoms with van der Waals surface area (Å²) in [5, 5.41) is 4.47. The second-order valence-electron chi connectivity index (χ2n) is 9.77. The van der Waals surface area contributed by atoms with E-state index in [0.29, 0.717) is 37.6 Å². The Morgan fingerprint density at radius 3 is 2.54 bits per heavy atom. The van der Waals surface area contributed by atoms with Gasteiger partial charge < -0.3 is 9.47 Å². The zero-order valence-corrected chi connectivity index (χ0v) is 21.5. The summed E-state index contributed by atoms with van der Waals surface area (Å²) in [6.45, 7) is 8.36. The highest BCUT2D eigenvalue weighted by Crippen LogP contribution is 2.31. The molecule has 0 atom stereocenters. The Morgan fingerprint density at radius 1 is 1.11 bits per heavy atom. The van der Waals surface area contributed by atoms with Gasteiger partial charge in [-0.1, -0.05) is 31.9 Å². The highest BCUT2D eigenvalue weighted by atomic mass is 16.6. The van der Waals surface area contributed by atoms with E-state index >= 15 is 0 Å². The lowest BCUT2D eigenvalue weighted by molar-refractivity contribution is -0.158. The van der Waals surface area contributed by atoms with Gasteiger partial charge in [-0.15, -0.1) is 0 Å². The Bertz CT molecular complexity index is 1110. The van der Waals surface area contributed by atoms with Gasteiger partial charge in [0.2, 0.25) is 0 Å². The second kappa shape index (κ2) is 12.2. The molecule has 8 heteroatoms. The van der Waals surface area contributed by atoms with Crippen molar-refractivity contribution in [3.63, 3.8) is 0 Å². The molecule has 0 amide bonds. The van der Waals surface area contributed by atoms with Crippen molar-refractivity contribution in [1.82, 2.24) is 14.3 Å². The molecule has 1 heterocycles. The van der Waals surface area contributed by atoms with E-state index in [1.165, 1.54) is 9.25 Å². The van der Waals surface area contributed by atoms with E-state index in [9.17, 15) is 14.4 Å². The molecule has 0 saturated heterocycles. The first-order valence-corrected chi connectivity index (χ1v) is 12.9. The molecule has 0 N–H and O–H groups in total. The van der Waals surface area contributed by atoms with E-state index in [1.54, 1.807) is 20.8 Å². The van der Waals surface area contributed by atoms with Crippen LogP contribution < -0.4 is 16.0 Å². The molecule has 1 fully saturated rings. The fourth-order valence-corrected chi connectivity index (χ4v) is 4.59. The Kier molecular flexibility index (Phi) is 9.29. The first kappa shape index (κ1) is 26.7. The zero-order valence-electron chi connectivity index (χ0n) is 21.5. The summed E-state index contributed by atoms with van der Waals surface area (Å²) < 4.78 is 13.8. The molecule has 1 aliphatic carbocycles. The average molecular weight is 486 g/mol. The molecular formula is C27H39N3O5. The summed E-state index contributed by atoms with van der Waals surface area (Å²) in [7, 11) is 0. The van der Waals surface area contributed by atoms with Gasteiger partial charge in [0.1, 0.15) is 11.4 Å². The fraction of sp³-hybridized carbons (Fsp3) is 0.630. The number of ether oxygens (including phenoxy) is 2. The number of benzene rings is 1. The Hall–Kier alpha value is -2.90. The number of carbonyl (C=O) groups is 1. The van der Waals surface area contributed by atoms with Gasteiger partial charge >= 0.3 is 11.7 Å². The summed E-state index contributed by atoms with van der Waals surface area (Å²) in [4.78, 5) is 38.1. The molecule has 1 saturated carbocycles. The van der Waals surface area contributed by atoms with Gasteiger partial charge in [0, 0.05) is 19.0 Å². The molecule has 0 radical (unpaired) electrons. The third-order valence-electron chi connectivity index (χ3n) is 6.46. The van der Waals surface area contributed by atoms with Crippen molar-refractivity contribution < 1.29 is 14.3 Å². The molecule has 0 unspecified atom stereocenters. The van der Waals surface area contributed by atoms with E-state index in [4.69, 9.17) is 9.47 Å². The minimum atomic E-state index is -1.08. The van der Waals surface area contributed by atoms with Crippen LogP contribution in [0.5, 0.6) is 5.75 Å². The zero-order chi connectivity index (χ0) is 25.4. The van der Waals surface area contributed by atoms with Crippen LogP contribution in [0.25, 0.3) is 0 Å². The van der Waals surface area contributed by atoms with E-state index in [0.717, 1.165) is 50.5 Å². The third-order valence-corrected chi connectivity index (χ3v) is 6.46. The predicted octanol–water partition coefficient (Wildman–Crippen LogP) is 4.22. The monoisotopic (exact) mass is 485 g/mol. The average Bonchev–Trinajstić information content (AvgIpc) is 3.35. The maximum atomic E-state index is 13.1. The summed E-state index contributed by atoms with van der Waals surface area (Å²) in [5.74, 6) is 0.368. The smallest absolute Gasteiger partial charge is 0.349 e. The number of carbonyl (C=O) groups excluding carboxylic acids is 1. The van der Waals surface area contributed by atoms with Gasteiger partial charge in [-0.3, -0.25) is 9.36 Å². The van der Waals surface area contributed by atoms with Crippen molar-refractivity contribution in [2.24, 2.45) is 0 Å². The Balaban J connectivity index is 1.65. The quantitative estimate of drug-likeness (QED) is 0.330. The largest absolute Gasteiger partial charge is 0.476 e. The van der Waals surface area contributed by atoms with Crippen molar-refractivity contribution in [3.8, 4) is 5.75 Å². The minimum Gasteiger partial charge on any atom is -0.476 e. The SMILES string of the molecule is CCCn1nc(C2CCCC2)c(=O)n(CCCCc2cccc(OC(C)(C)C(=O)OCC)c2)c1=O. The number of aryl methyl sites for hydroxylation is 2. The van der Waals surface area contributed by atoms with E-state index in [-0.39, 0.29) is 17.2 Å². The van der Waals surface area contributed by atoms with Gasteiger partial charge in [0.05, 0.1) is 6.61 Å². The highest BCUT2D eigenvalue weighted by Gasteiger charge is 2.31. The van der Waals surface area contributed by atoms with Crippen molar-refractivity contribution in [2.75, 3.05) is 6.61 Å². The number of nitrogens with zero attached hydrogens (tertiary/aromatic N) is 3. The molecule has 192 valence electrons. The van der Waals surface area contributed by atoms with Crippen LogP contribution in [0.15, 0.2) is 33.9 Å². The predicted molar refractivity (Wildman–Crippen MR) is 135 cm³/mol. The third kappa shape index (κ3) is 6.83. The van der Waals surface area contributed by atoms with E-state index < -0.39 is 11.6 Å². The summed E-state index contributed by atoms with van der Waals surface area (Å²) in [6.07, 6.45) is 7.24. The number of unbranched alkanes of at least 4 members (excludes halogenated alkanes) is 1. The van der Waals surface area contributed by atoms with Crippen LogP contribution >= 0.6 is 0 Å². The number of rotatable bonds is 12. The molecule has 35 heavy (non-hydrogen) atoms. The summed E-state index contributed by atoms with van der Waals surface area (Å²) in [5.41, 5.74) is 0.0250. The topological polar surface area (TPSA) is 92.4 Å². The number of aromatic nitrogens is 3. The van der Waals surface area contributed by atoms with Crippen molar-refractivity contribution in [1.29, 1.82) is 0 Å². The van der Waals surface area contributed by atoms with Crippen molar-refractivity contribution in [2.45, 2.75) is 104 Å². The molecule has 3 rings (SSSR count). The van der Waals surface area contributed by atoms with Gasteiger partial charge in [-0.05, 0) is 77.0 Å². The van der Waals surface area contributed by atoms with E-state index in [1.807, 2.05) is 31.2 Å². The van der Waals surface area contributed by atoms with Gasteiger partial charge in [-0.2, -0.15) is 5.10 Å². The van der Waals surface area contributed by atoms with Crippen LogP contribution in [0.2, 0.25) is 0 Å². The molecule has 1 aromatic carbocycles. The minimum absolute atomic E-state index is 0.166. The Labute approximate surface area is 207 Å². The molecule has 1 aliphatic rings. The van der Waals surface area contributed by atoms with Crippen LogP contribution in [-0.2, 0) is 29.0 Å². The lowest BCUT2D eigenvalue weighted by atomic mass is 10.0. The first-order chi connectivity index (χ1) is 16.8. The summed E-state index contributed by atoms with van der Waals surface area (Å²) >= 11 is 0. The maximum absolute atomic E-state index is 13.1. The molecule has 2 aromatic rings. The van der Waals surface area contributed by atoms with Crippen molar-refractivity contribution >= 4 is 5.97 Å². The van der Waals surface area contributed by atoms with Crippen LogP contribution in [0, 0.1) is 0 Å². The lowest BCUT2D eigenvalue weighted by Gasteiger charge is -2.24. The number of hydrogen-bond acceptors (Lipinski definition) is 6. The second-order valence-corrected chi connectivity index (χ2v) is 9.77. The number of esters is 1. The van der Waals surface area contributed by atoms with Gasteiger partial charge in [-0.25, -0.2) is 14.3 Å². The van der Waals surface area contributed by atoms with Crippen LogP contribution in [0.3, 0.4) is 0 Å². The van der Waals surface area contributed by atoms with Crippen molar-refractivity contribution in [3.05, 3.63) is 56.4 Å². The van der Waals surface area contributed by atoms with Gasteiger partial charge in [0.15, 0.2) is 5.60 Å². The normalized spacial score (nSPS) is 14.3. The maximum Gasteiger partial charge on any atom is 0.349 e. The van der Waals surface area contributed by atoms with Crippen LogP contribution in [0.1, 0.15) is 89.8 Å². The molecule has 0 aliphatic heterocycles. The van der Waals surface area contributed by atoms with E-state index in [2.05, 4.69) is 5.10 Å². The fourth-order valence-electron chi connectivity index (χ4n) is 4.59. The van der Waals surface area contributed by atoms with Crippen LogP contribution in [-0.4, -0.2) is 32.5 Å².